The van der Waals surface area contributed by atoms with E-state index in [1.807, 2.05) is 39.8 Å². The van der Waals surface area contributed by atoms with E-state index in [0.717, 1.165) is 9.13 Å². The number of benzene rings is 2. The third-order valence-electron chi connectivity index (χ3n) is 3.55. The quantitative estimate of drug-likeness (QED) is 0.440. The molecule has 0 fully saturated rings. The standard InChI is InChI=1S/C20H22IN3O2S/c1-12-5-6-14(11-16(12)21)17(25)23-19(27)22-15-9-7-13(8-10-15)18(26)24-20(2,3)4/h5-11H,1-4H3,(H,24,26)(H2,22,23,25,27). The molecule has 2 aromatic carbocycles. The van der Waals surface area contributed by atoms with Crippen LogP contribution in [-0.2, 0) is 0 Å². The first kappa shape index (κ1) is 21.3. The number of hydrogen-bond acceptors (Lipinski definition) is 3. The highest BCUT2D eigenvalue weighted by atomic mass is 127. The van der Waals surface area contributed by atoms with E-state index < -0.39 is 0 Å². The van der Waals surface area contributed by atoms with Crippen molar-refractivity contribution >= 4 is 57.4 Å². The van der Waals surface area contributed by atoms with Crippen LogP contribution in [0.4, 0.5) is 5.69 Å². The maximum Gasteiger partial charge on any atom is 0.257 e. The van der Waals surface area contributed by atoms with E-state index in [-0.39, 0.29) is 22.5 Å². The van der Waals surface area contributed by atoms with Gasteiger partial charge in [0.15, 0.2) is 5.11 Å². The van der Waals surface area contributed by atoms with Gasteiger partial charge in [0.2, 0.25) is 0 Å². The van der Waals surface area contributed by atoms with E-state index >= 15 is 0 Å². The molecule has 7 heteroatoms. The molecule has 0 saturated heterocycles. The number of rotatable bonds is 3. The Kier molecular flexibility index (Phi) is 6.94. The second kappa shape index (κ2) is 8.79. The van der Waals surface area contributed by atoms with Crippen molar-refractivity contribution in [3.8, 4) is 0 Å². The number of carbonyl (C=O) groups is 2. The number of anilines is 1. The maximum absolute atomic E-state index is 12.3. The molecule has 0 spiro atoms. The van der Waals surface area contributed by atoms with Crippen LogP contribution in [0, 0.1) is 10.5 Å². The fraction of sp³-hybridized carbons (Fsp3) is 0.250. The number of carbonyl (C=O) groups excluding carboxylic acids is 2. The molecule has 27 heavy (non-hydrogen) atoms. The lowest BCUT2D eigenvalue weighted by Gasteiger charge is -2.20. The van der Waals surface area contributed by atoms with E-state index in [1.165, 1.54) is 0 Å². The van der Waals surface area contributed by atoms with Gasteiger partial charge in [-0.15, -0.1) is 0 Å². The van der Waals surface area contributed by atoms with Crippen molar-refractivity contribution in [3.63, 3.8) is 0 Å². The molecule has 0 unspecified atom stereocenters. The van der Waals surface area contributed by atoms with Crippen molar-refractivity contribution in [2.45, 2.75) is 33.2 Å². The molecule has 0 aliphatic heterocycles. The minimum absolute atomic E-state index is 0.140. The number of halogens is 1. The fourth-order valence-electron chi connectivity index (χ4n) is 2.19. The zero-order valence-electron chi connectivity index (χ0n) is 15.6. The molecule has 0 heterocycles. The van der Waals surface area contributed by atoms with Gasteiger partial charge in [-0.2, -0.15) is 0 Å². The van der Waals surface area contributed by atoms with Crippen LogP contribution in [0.1, 0.15) is 47.1 Å². The molecule has 0 saturated carbocycles. The highest BCUT2D eigenvalue weighted by Crippen LogP contribution is 2.14. The summed E-state index contributed by atoms with van der Waals surface area (Å²) in [5.41, 5.74) is 2.60. The van der Waals surface area contributed by atoms with Gasteiger partial charge in [-0.3, -0.25) is 14.9 Å². The summed E-state index contributed by atoms with van der Waals surface area (Å²) in [6.07, 6.45) is 0. The zero-order chi connectivity index (χ0) is 20.2. The van der Waals surface area contributed by atoms with Crippen LogP contribution in [0.2, 0.25) is 0 Å². The van der Waals surface area contributed by atoms with Crippen molar-refractivity contribution in [2.75, 3.05) is 5.32 Å². The largest absolute Gasteiger partial charge is 0.347 e. The molecular formula is C20H22IN3O2S. The van der Waals surface area contributed by atoms with E-state index in [0.29, 0.717) is 16.8 Å². The van der Waals surface area contributed by atoms with Crippen molar-refractivity contribution in [1.82, 2.24) is 10.6 Å². The lowest BCUT2D eigenvalue weighted by molar-refractivity contribution is 0.0918. The Morgan fingerprint density at radius 3 is 2.11 bits per heavy atom. The van der Waals surface area contributed by atoms with Crippen LogP contribution < -0.4 is 16.0 Å². The second-order valence-electron chi connectivity index (χ2n) is 7.15. The minimum atomic E-state index is -0.298. The molecule has 0 aliphatic carbocycles. The summed E-state index contributed by atoms with van der Waals surface area (Å²) in [7, 11) is 0. The highest BCUT2D eigenvalue weighted by Gasteiger charge is 2.15. The normalized spacial score (nSPS) is 10.9. The van der Waals surface area contributed by atoms with Gasteiger partial charge < -0.3 is 10.6 Å². The zero-order valence-corrected chi connectivity index (χ0v) is 18.6. The molecule has 0 aromatic heterocycles. The fourth-order valence-corrected chi connectivity index (χ4v) is 2.92. The molecule has 0 atom stereocenters. The monoisotopic (exact) mass is 495 g/mol. The Balaban J connectivity index is 1.96. The van der Waals surface area contributed by atoms with Crippen LogP contribution in [-0.4, -0.2) is 22.5 Å². The lowest BCUT2D eigenvalue weighted by atomic mass is 10.1. The van der Waals surface area contributed by atoms with Gasteiger partial charge in [-0.25, -0.2) is 0 Å². The lowest BCUT2D eigenvalue weighted by Crippen LogP contribution is -2.40. The van der Waals surface area contributed by atoms with E-state index in [2.05, 4.69) is 38.5 Å². The van der Waals surface area contributed by atoms with Gasteiger partial charge in [-0.05, 0) is 104 Å². The molecule has 3 N–H and O–H groups in total. The first-order chi connectivity index (χ1) is 12.5. The summed E-state index contributed by atoms with van der Waals surface area (Å²) in [6, 6.07) is 12.4. The summed E-state index contributed by atoms with van der Waals surface area (Å²) < 4.78 is 1.02. The molecule has 2 aromatic rings. The Morgan fingerprint density at radius 2 is 1.56 bits per heavy atom. The van der Waals surface area contributed by atoms with E-state index in [4.69, 9.17) is 12.2 Å². The SMILES string of the molecule is Cc1ccc(C(=O)NC(=S)Nc2ccc(C(=O)NC(C)(C)C)cc2)cc1I. The van der Waals surface area contributed by atoms with Gasteiger partial charge in [0.1, 0.15) is 0 Å². The van der Waals surface area contributed by atoms with Crippen LogP contribution in [0.5, 0.6) is 0 Å². The average Bonchev–Trinajstić information content (AvgIpc) is 2.56. The van der Waals surface area contributed by atoms with Crippen molar-refractivity contribution in [2.24, 2.45) is 0 Å². The first-order valence-corrected chi connectivity index (χ1v) is 9.85. The minimum Gasteiger partial charge on any atom is -0.347 e. The van der Waals surface area contributed by atoms with Crippen molar-refractivity contribution in [1.29, 1.82) is 0 Å². The molecule has 5 nitrogen and oxygen atoms in total. The Bertz CT molecular complexity index is 874. The van der Waals surface area contributed by atoms with Crippen LogP contribution in [0.15, 0.2) is 42.5 Å². The Morgan fingerprint density at radius 1 is 0.963 bits per heavy atom. The first-order valence-electron chi connectivity index (χ1n) is 8.36. The van der Waals surface area contributed by atoms with Crippen LogP contribution in [0.3, 0.4) is 0 Å². The second-order valence-corrected chi connectivity index (χ2v) is 8.72. The van der Waals surface area contributed by atoms with Gasteiger partial charge in [-0.1, -0.05) is 6.07 Å². The summed E-state index contributed by atoms with van der Waals surface area (Å²) in [4.78, 5) is 24.4. The number of nitrogens with one attached hydrogen (secondary N) is 3. The van der Waals surface area contributed by atoms with Gasteiger partial charge in [0.05, 0.1) is 0 Å². The van der Waals surface area contributed by atoms with E-state index in [1.54, 1.807) is 30.3 Å². The summed E-state index contributed by atoms with van der Waals surface area (Å²) in [5.74, 6) is -0.412. The van der Waals surface area contributed by atoms with Gasteiger partial charge in [0.25, 0.3) is 11.8 Å². The molecule has 2 rings (SSSR count). The average molecular weight is 495 g/mol. The predicted octanol–water partition coefficient (Wildman–Crippen LogP) is 4.25. The number of hydrogen-bond donors (Lipinski definition) is 3. The van der Waals surface area contributed by atoms with Crippen molar-refractivity contribution < 1.29 is 9.59 Å². The predicted molar refractivity (Wildman–Crippen MR) is 121 cm³/mol. The number of thiocarbonyl (C=S) groups is 1. The summed E-state index contributed by atoms with van der Waals surface area (Å²) >= 11 is 7.39. The van der Waals surface area contributed by atoms with Gasteiger partial charge in [0, 0.05) is 25.9 Å². The van der Waals surface area contributed by atoms with Crippen LogP contribution >= 0.6 is 34.8 Å². The maximum atomic E-state index is 12.3. The molecule has 0 radical (unpaired) electrons. The molecule has 0 aliphatic rings. The topological polar surface area (TPSA) is 70.2 Å². The van der Waals surface area contributed by atoms with E-state index in [9.17, 15) is 9.59 Å². The number of aryl methyl sites for hydroxylation is 1. The van der Waals surface area contributed by atoms with Crippen LogP contribution in [0.25, 0.3) is 0 Å². The molecule has 142 valence electrons. The third kappa shape index (κ3) is 6.59. The van der Waals surface area contributed by atoms with Crippen molar-refractivity contribution in [3.05, 3.63) is 62.7 Å². The number of amides is 2. The highest BCUT2D eigenvalue weighted by molar-refractivity contribution is 14.1. The summed E-state index contributed by atoms with van der Waals surface area (Å²) in [6.45, 7) is 7.77. The summed E-state index contributed by atoms with van der Waals surface area (Å²) in [5, 5.41) is 8.71. The smallest absolute Gasteiger partial charge is 0.257 e. The molecule has 0 bridgehead atoms. The third-order valence-corrected chi connectivity index (χ3v) is 4.92. The molecular weight excluding hydrogens is 473 g/mol. The van der Waals surface area contributed by atoms with Gasteiger partial charge >= 0.3 is 0 Å². The Hall–Kier alpha value is -2.00. The molecule has 2 amide bonds. The Labute approximate surface area is 178 Å².